The highest BCUT2D eigenvalue weighted by molar-refractivity contribution is 5.84. The summed E-state index contributed by atoms with van der Waals surface area (Å²) in [6.45, 7) is 3.80. The third-order valence-electron chi connectivity index (χ3n) is 3.51. The van der Waals surface area contributed by atoms with Crippen molar-refractivity contribution in [1.82, 2.24) is 14.9 Å². The minimum atomic E-state index is -0.310. The number of carbonyl (C=O) groups is 1. The van der Waals surface area contributed by atoms with E-state index >= 15 is 0 Å². The molecular formula is C14H23N5O. The molecule has 1 aromatic heterocycles. The Balaban J connectivity index is 2.25. The average molecular weight is 277 g/mol. The summed E-state index contributed by atoms with van der Waals surface area (Å²) in [7, 11) is 5.36. The molecule has 1 amide bonds. The van der Waals surface area contributed by atoms with Gasteiger partial charge in [-0.2, -0.15) is 0 Å². The van der Waals surface area contributed by atoms with Crippen molar-refractivity contribution in [2.75, 3.05) is 31.8 Å². The summed E-state index contributed by atoms with van der Waals surface area (Å²) in [6, 6.07) is -0.310. The predicted molar refractivity (Wildman–Crippen MR) is 80.1 cm³/mol. The predicted octanol–water partition coefficient (Wildman–Crippen LogP) is 1.59. The van der Waals surface area contributed by atoms with Crippen molar-refractivity contribution in [3.63, 3.8) is 0 Å². The number of hydrogen-bond acceptors (Lipinski definition) is 5. The fourth-order valence-corrected chi connectivity index (χ4v) is 2.10. The van der Waals surface area contributed by atoms with Gasteiger partial charge < -0.3 is 15.5 Å². The SMILES string of the molecule is CNc1nc(C2CC2)nc(NC(C)C(=O)N(C)C)c1C. The molecule has 6 nitrogen and oxygen atoms in total. The normalized spacial score (nSPS) is 15.7. The quantitative estimate of drug-likeness (QED) is 0.855. The molecule has 0 saturated heterocycles. The van der Waals surface area contributed by atoms with Crippen LogP contribution in [0, 0.1) is 6.92 Å². The van der Waals surface area contributed by atoms with Crippen molar-refractivity contribution < 1.29 is 4.79 Å². The number of nitrogens with zero attached hydrogens (tertiary/aromatic N) is 3. The molecule has 1 saturated carbocycles. The molecule has 1 unspecified atom stereocenters. The lowest BCUT2D eigenvalue weighted by molar-refractivity contribution is -0.129. The number of aromatic nitrogens is 2. The standard InChI is InChI=1S/C14H23N5O/c1-8-11(15-3)17-13(10-6-7-10)18-12(8)16-9(2)14(20)19(4)5/h9-10H,6-7H2,1-5H3,(H2,15,16,17,18). The van der Waals surface area contributed by atoms with E-state index in [4.69, 9.17) is 0 Å². The molecule has 1 aromatic rings. The summed E-state index contributed by atoms with van der Waals surface area (Å²) in [4.78, 5) is 22.7. The van der Waals surface area contributed by atoms with E-state index in [0.29, 0.717) is 5.92 Å². The molecule has 1 heterocycles. The maximum atomic E-state index is 11.9. The molecule has 20 heavy (non-hydrogen) atoms. The van der Waals surface area contributed by atoms with Crippen molar-refractivity contribution in [2.24, 2.45) is 0 Å². The number of likely N-dealkylation sites (N-methyl/N-ethyl adjacent to an activating group) is 1. The lowest BCUT2D eigenvalue weighted by atomic mass is 10.2. The van der Waals surface area contributed by atoms with Gasteiger partial charge in [0.25, 0.3) is 0 Å². The van der Waals surface area contributed by atoms with Crippen molar-refractivity contribution >= 4 is 17.5 Å². The Hall–Kier alpha value is -1.85. The second-order valence-corrected chi connectivity index (χ2v) is 5.53. The summed E-state index contributed by atoms with van der Waals surface area (Å²) in [5, 5.41) is 6.30. The van der Waals surface area contributed by atoms with Gasteiger partial charge in [-0.25, -0.2) is 9.97 Å². The van der Waals surface area contributed by atoms with Crippen LogP contribution in [-0.2, 0) is 4.79 Å². The number of carbonyl (C=O) groups excluding carboxylic acids is 1. The monoisotopic (exact) mass is 277 g/mol. The van der Waals surface area contributed by atoms with Gasteiger partial charge in [0.15, 0.2) is 0 Å². The van der Waals surface area contributed by atoms with Crippen LogP contribution >= 0.6 is 0 Å². The van der Waals surface area contributed by atoms with Crippen LogP contribution in [0.4, 0.5) is 11.6 Å². The molecule has 0 bridgehead atoms. The van der Waals surface area contributed by atoms with E-state index in [2.05, 4.69) is 20.6 Å². The maximum Gasteiger partial charge on any atom is 0.244 e. The van der Waals surface area contributed by atoms with E-state index in [1.807, 2.05) is 20.9 Å². The van der Waals surface area contributed by atoms with Crippen molar-refractivity contribution in [2.45, 2.75) is 38.6 Å². The largest absolute Gasteiger partial charge is 0.373 e. The van der Waals surface area contributed by atoms with Crippen LogP contribution in [0.25, 0.3) is 0 Å². The van der Waals surface area contributed by atoms with Crippen LogP contribution in [0.1, 0.15) is 37.1 Å². The van der Waals surface area contributed by atoms with Gasteiger partial charge in [-0.3, -0.25) is 4.79 Å². The third-order valence-corrected chi connectivity index (χ3v) is 3.51. The third kappa shape index (κ3) is 3.00. The molecule has 2 rings (SSSR count). The zero-order valence-electron chi connectivity index (χ0n) is 12.8. The van der Waals surface area contributed by atoms with Crippen LogP contribution in [0.15, 0.2) is 0 Å². The first-order valence-corrected chi connectivity index (χ1v) is 6.98. The second kappa shape index (κ2) is 5.64. The van der Waals surface area contributed by atoms with E-state index in [-0.39, 0.29) is 11.9 Å². The van der Waals surface area contributed by atoms with Gasteiger partial charge in [0.2, 0.25) is 5.91 Å². The number of hydrogen-bond donors (Lipinski definition) is 2. The lowest BCUT2D eigenvalue weighted by Gasteiger charge is -2.20. The Bertz CT molecular complexity index is 511. The topological polar surface area (TPSA) is 70.1 Å². The number of anilines is 2. The van der Waals surface area contributed by atoms with Crippen LogP contribution in [-0.4, -0.2) is 48.0 Å². The molecular weight excluding hydrogens is 254 g/mol. The summed E-state index contributed by atoms with van der Waals surface area (Å²) in [5.41, 5.74) is 0.940. The zero-order valence-corrected chi connectivity index (χ0v) is 12.8. The van der Waals surface area contributed by atoms with Crippen molar-refractivity contribution in [3.05, 3.63) is 11.4 Å². The van der Waals surface area contributed by atoms with Gasteiger partial charge in [0, 0.05) is 32.6 Å². The van der Waals surface area contributed by atoms with Gasteiger partial charge in [-0.15, -0.1) is 0 Å². The van der Waals surface area contributed by atoms with E-state index in [1.165, 1.54) is 0 Å². The Kier molecular flexibility index (Phi) is 4.11. The van der Waals surface area contributed by atoms with Gasteiger partial charge in [-0.1, -0.05) is 0 Å². The second-order valence-electron chi connectivity index (χ2n) is 5.53. The molecule has 0 spiro atoms. The van der Waals surface area contributed by atoms with Gasteiger partial charge in [-0.05, 0) is 26.7 Å². The highest BCUT2D eigenvalue weighted by Gasteiger charge is 2.28. The summed E-state index contributed by atoms with van der Waals surface area (Å²) >= 11 is 0. The minimum Gasteiger partial charge on any atom is -0.373 e. The first-order chi connectivity index (χ1) is 9.43. The summed E-state index contributed by atoms with van der Waals surface area (Å²) in [5.74, 6) is 2.94. The van der Waals surface area contributed by atoms with Crippen molar-refractivity contribution in [1.29, 1.82) is 0 Å². The Morgan fingerprint density at radius 1 is 1.30 bits per heavy atom. The number of rotatable bonds is 5. The van der Waals surface area contributed by atoms with Crippen LogP contribution < -0.4 is 10.6 Å². The van der Waals surface area contributed by atoms with E-state index in [0.717, 1.165) is 35.9 Å². The molecule has 1 aliphatic rings. The van der Waals surface area contributed by atoms with E-state index < -0.39 is 0 Å². The molecule has 1 atom stereocenters. The van der Waals surface area contributed by atoms with Gasteiger partial charge in [0.1, 0.15) is 23.5 Å². The summed E-state index contributed by atoms with van der Waals surface area (Å²) in [6.07, 6.45) is 2.30. The number of amides is 1. The van der Waals surface area contributed by atoms with E-state index in [1.54, 1.807) is 19.0 Å². The zero-order chi connectivity index (χ0) is 14.9. The van der Waals surface area contributed by atoms with E-state index in [9.17, 15) is 4.79 Å². The molecule has 1 aliphatic carbocycles. The fraction of sp³-hybridized carbons (Fsp3) is 0.643. The average Bonchev–Trinajstić information content (AvgIpc) is 3.24. The Morgan fingerprint density at radius 3 is 2.40 bits per heavy atom. The molecule has 110 valence electrons. The van der Waals surface area contributed by atoms with Crippen molar-refractivity contribution in [3.8, 4) is 0 Å². The molecule has 0 aliphatic heterocycles. The van der Waals surface area contributed by atoms with Crippen LogP contribution in [0.2, 0.25) is 0 Å². The lowest BCUT2D eigenvalue weighted by Crippen LogP contribution is -2.37. The minimum absolute atomic E-state index is 0.0296. The maximum absolute atomic E-state index is 11.9. The van der Waals surface area contributed by atoms with Crippen LogP contribution in [0.3, 0.4) is 0 Å². The molecule has 0 radical (unpaired) electrons. The molecule has 2 N–H and O–H groups in total. The molecule has 0 aromatic carbocycles. The fourth-order valence-electron chi connectivity index (χ4n) is 2.10. The van der Waals surface area contributed by atoms with Gasteiger partial charge in [0.05, 0.1) is 0 Å². The highest BCUT2D eigenvalue weighted by Crippen LogP contribution is 2.39. The van der Waals surface area contributed by atoms with Crippen LogP contribution in [0.5, 0.6) is 0 Å². The Labute approximate surface area is 120 Å². The highest BCUT2D eigenvalue weighted by atomic mass is 16.2. The molecule has 1 fully saturated rings. The first-order valence-electron chi connectivity index (χ1n) is 6.98. The molecule has 6 heteroatoms. The van der Waals surface area contributed by atoms with Gasteiger partial charge >= 0.3 is 0 Å². The Morgan fingerprint density at radius 2 is 1.90 bits per heavy atom. The number of nitrogens with one attached hydrogen (secondary N) is 2. The first kappa shape index (κ1) is 14.6. The smallest absolute Gasteiger partial charge is 0.244 e. The summed E-state index contributed by atoms with van der Waals surface area (Å²) < 4.78 is 0.